The number of hydrogen-bond donors (Lipinski definition) is 0. The highest BCUT2D eigenvalue weighted by Crippen LogP contribution is 2.31. The quantitative estimate of drug-likeness (QED) is 0.428. The Bertz CT molecular complexity index is 400. The van der Waals surface area contributed by atoms with Crippen LogP contribution in [-0.2, 0) is 9.59 Å². The lowest BCUT2D eigenvalue weighted by molar-refractivity contribution is -0.135. The Hall–Kier alpha value is -2.04. The minimum atomic E-state index is -0.472. The summed E-state index contributed by atoms with van der Waals surface area (Å²) in [4.78, 5) is 21.4. The highest BCUT2D eigenvalue weighted by molar-refractivity contribution is 5.75. The number of ether oxygens (including phenoxy) is 3. The lowest BCUT2D eigenvalue weighted by Gasteiger charge is -2.10. The zero-order chi connectivity index (χ0) is 12.7. The Balaban J connectivity index is 2.76. The molecule has 0 atom stereocenters. The molecule has 0 spiro atoms. The van der Waals surface area contributed by atoms with Crippen LogP contribution in [0.4, 0.5) is 0 Å². The smallest absolute Gasteiger partial charge is 0.311 e. The van der Waals surface area contributed by atoms with Crippen LogP contribution in [0.25, 0.3) is 0 Å². The molecule has 0 N–H and O–H groups in total. The Kier molecular flexibility index (Phi) is 5.00. The number of rotatable bonds is 6. The first-order valence-electron chi connectivity index (χ1n) is 5.07. The molecule has 0 amide bonds. The van der Waals surface area contributed by atoms with Crippen LogP contribution in [0.2, 0.25) is 0 Å². The summed E-state index contributed by atoms with van der Waals surface area (Å²) in [5, 5.41) is 0. The van der Waals surface area contributed by atoms with Gasteiger partial charge in [-0.15, -0.1) is 0 Å². The van der Waals surface area contributed by atoms with Crippen LogP contribution < -0.4 is 14.2 Å². The molecule has 0 aliphatic rings. The molecule has 17 heavy (non-hydrogen) atoms. The number of carbonyl (C=O) groups is 2. The second-order valence-electron chi connectivity index (χ2n) is 3.20. The van der Waals surface area contributed by atoms with Gasteiger partial charge in [-0.05, 0) is 12.1 Å². The standard InChI is InChI=1S/C12H14O5/c1-15-9-5-6-10(11(8-9)16-2)17-12(14)4-3-7-13/h5-8H,3-4H2,1-2H3. The minimum Gasteiger partial charge on any atom is -0.497 e. The Morgan fingerprint density at radius 1 is 1.24 bits per heavy atom. The number of methoxy groups -OCH3 is 2. The van der Waals surface area contributed by atoms with E-state index in [0.717, 1.165) is 0 Å². The summed E-state index contributed by atoms with van der Waals surface area (Å²) < 4.78 is 15.1. The third kappa shape index (κ3) is 3.79. The van der Waals surface area contributed by atoms with Crippen molar-refractivity contribution in [1.82, 2.24) is 0 Å². The molecule has 5 nitrogen and oxygen atoms in total. The largest absolute Gasteiger partial charge is 0.497 e. The Morgan fingerprint density at radius 3 is 2.59 bits per heavy atom. The first-order valence-corrected chi connectivity index (χ1v) is 5.07. The molecule has 0 fully saturated rings. The molecule has 0 saturated carbocycles. The van der Waals surface area contributed by atoms with Crippen molar-refractivity contribution in [3.8, 4) is 17.2 Å². The predicted octanol–water partition coefficient (Wildman–Crippen LogP) is 1.59. The average molecular weight is 238 g/mol. The molecule has 1 aromatic rings. The SMILES string of the molecule is COc1ccc(OC(=O)CCC=O)c(OC)c1. The third-order valence-corrected chi connectivity index (χ3v) is 2.06. The lowest BCUT2D eigenvalue weighted by atomic mass is 10.3. The van der Waals surface area contributed by atoms with Gasteiger partial charge in [0.15, 0.2) is 11.5 Å². The fourth-order valence-electron chi connectivity index (χ4n) is 1.21. The van der Waals surface area contributed by atoms with Gasteiger partial charge in [-0.3, -0.25) is 4.79 Å². The molecule has 0 aliphatic heterocycles. The summed E-state index contributed by atoms with van der Waals surface area (Å²) in [6, 6.07) is 4.85. The second-order valence-corrected chi connectivity index (χ2v) is 3.20. The molecule has 0 bridgehead atoms. The van der Waals surface area contributed by atoms with Crippen molar-refractivity contribution in [3.63, 3.8) is 0 Å². The topological polar surface area (TPSA) is 61.8 Å². The molecule has 1 aromatic carbocycles. The van der Waals surface area contributed by atoms with Crippen LogP contribution in [0.1, 0.15) is 12.8 Å². The number of esters is 1. The zero-order valence-corrected chi connectivity index (χ0v) is 9.76. The van der Waals surface area contributed by atoms with Crippen LogP contribution in [0.5, 0.6) is 17.2 Å². The molecule has 0 aromatic heterocycles. The molecule has 0 heterocycles. The zero-order valence-electron chi connectivity index (χ0n) is 9.76. The van der Waals surface area contributed by atoms with Crippen LogP contribution in [0.15, 0.2) is 18.2 Å². The van der Waals surface area contributed by atoms with Crippen molar-refractivity contribution in [2.45, 2.75) is 12.8 Å². The van der Waals surface area contributed by atoms with E-state index in [1.54, 1.807) is 18.2 Å². The van der Waals surface area contributed by atoms with E-state index in [1.165, 1.54) is 14.2 Å². The van der Waals surface area contributed by atoms with Crippen LogP contribution >= 0.6 is 0 Å². The monoisotopic (exact) mass is 238 g/mol. The van der Waals surface area contributed by atoms with Gasteiger partial charge in [0.1, 0.15) is 12.0 Å². The van der Waals surface area contributed by atoms with E-state index >= 15 is 0 Å². The van der Waals surface area contributed by atoms with Crippen molar-refractivity contribution < 1.29 is 23.8 Å². The summed E-state index contributed by atoms with van der Waals surface area (Å²) in [7, 11) is 3.00. The highest BCUT2D eigenvalue weighted by atomic mass is 16.6. The molecular weight excluding hydrogens is 224 g/mol. The van der Waals surface area contributed by atoms with Crippen LogP contribution in [0, 0.1) is 0 Å². The van der Waals surface area contributed by atoms with Crippen molar-refractivity contribution in [1.29, 1.82) is 0 Å². The molecule has 0 aliphatic carbocycles. The number of benzene rings is 1. The second kappa shape index (κ2) is 6.52. The molecule has 5 heteroatoms. The van der Waals surface area contributed by atoms with E-state index in [1.807, 2.05) is 0 Å². The summed E-state index contributed by atoms with van der Waals surface area (Å²) in [6.07, 6.45) is 0.877. The van der Waals surface area contributed by atoms with Gasteiger partial charge in [0.2, 0.25) is 0 Å². The molecule has 0 unspecified atom stereocenters. The highest BCUT2D eigenvalue weighted by Gasteiger charge is 2.10. The maximum atomic E-state index is 11.3. The van der Waals surface area contributed by atoms with Gasteiger partial charge >= 0.3 is 5.97 Å². The molecule has 0 saturated heterocycles. The normalized spacial score (nSPS) is 9.53. The summed E-state index contributed by atoms with van der Waals surface area (Å²) >= 11 is 0. The van der Waals surface area contributed by atoms with Crippen molar-refractivity contribution in [2.75, 3.05) is 14.2 Å². The molecular formula is C12H14O5. The first kappa shape index (κ1) is 13.0. The van der Waals surface area contributed by atoms with E-state index in [9.17, 15) is 9.59 Å². The fourth-order valence-corrected chi connectivity index (χ4v) is 1.21. The van der Waals surface area contributed by atoms with Gasteiger partial charge < -0.3 is 19.0 Å². The van der Waals surface area contributed by atoms with E-state index in [2.05, 4.69) is 0 Å². The fraction of sp³-hybridized carbons (Fsp3) is 0.333. The van der Waals surface area contributed by atoms with E-state index in [4.69, 9.17) is 14.2 Å². The van der Waals surface area contributed by atoms with E-state index in [-0.39, 0.29) is 12.8 Å². The van der Waals surface area contributed by atoms with Crippen LogP contribution in [0.3, 0.4) is 0 Å². The summed E-state index contributed by atoms with van der Waals surface area (Å²) in [5.74, 6) is 0.850. The van der Waals surface area contributed by atoms with Gasteiger partial charge in [0, 0.05) is 12.5 Å². The first-order chi connectivity index (χ1) is 8.21. The molecule has 92 valence electrons. The summed E-state index contributed by atoms with van der Waals surface area (Å²) in [6.45, 7) is 0. The van der Waals surface area contributed by atoms with Crippen molar-refractivity contribution in [3.05, 3.63) is 18.2 Å². The van der Waals surface area contributed by atoms with Gasteiger partial charge in [0.05, 0.1) is 20.6 Å². The van der Waals surface area contributed by atoms with E-state index in [0.29, 0.717) is 23.5 Å². The van der Waals surface area contributed by atoms with Crippen molar-refractivity contribution in [2.24, 2.45) is 0 Å². The van der Waals surface area contributed by atoms with Gasteiger partial charge in [-0.25, -0.2) is 0 Å². The van der Waals surface area contributed by atoms with Crippen LogP contribution in [-0.4, -0.2) is 26.5 Å². The predicted molar refractivity (Wildman–Crippen MR) is 60.5 cm³/mol. The average Bonchev–Trinajstić information content (AvgIpc) is 2.36. The maximum Gasteiger partial charge on any atom is 0.311 e. The van der Waals surface area contributed by atoms with Gasteiger partial charge in [-0.1, -0.05) is 0 Å². The molecule has 0 radical (unpaired) electrons. The molecule has 1 rings (SSSR count). The lowest BCUT2D eigenvalue weighted by Crippen LogP contribution is -2.08. The number of aldehydes is 1. The van der Waals surface area contributed by atoms with Gasteiger partial charge in [0.25, 0.3) is 0 Å². The number of carbonyl (C=O) groups excluding carboxylic acids is 2. The number of hydrogen-bond acceptors (Lipinski definition) is 5. The summed E-state index contributed by atoms with van der Waals surface area (Å²) in [5.41, 5.74) is 0. The minimum absolute atomic E-state index is 0.0542. The Morgan fingerprint density at radius 2 is 2.00 bits per heavy atom. The van der Waals surface area contributed by atoms with Gasteiger partial charge in [-0.2, -0.15) is 0 Å². The third-order valence-electron chi connectivity index (χ3n) is 2.06. The van der Waals surface area contributed by atoms with E-state index < -0.39 is 5.97 Å². The Labute approximate surface area is 99.3 Å². The maximum absolute atomic E-state index is 11.3. The van der Waals surface area contributed by atoms with Crippen molar-refractivity contribution >= 4 is 12.3 Å².